The smallest absolute Gasteiger partial charge is 0.459 e. The van der Waals surface area contributed by atoms with E-state index in [9.17, 15) is 10.2 Å². The van der Waals surface area contributed by atoms with E-state index in [2.05, 4.69) is 0 Å². The number of aromatic hydroxyl groups is 2. The third kappa shape index (κ3) is 10.5. The van der Waals surface area contributed by atoms with Crippen LogP contribution in [0.5, 0.6) is 46.0 Å². The molecule has 0 aliphatic heterocycles. The van der Waals surface area contributed by atoms with Crippen LogP contribution in [0.4, 0.5) is 0 Å². The Morgan fingerprint density at radius 1 is 0.462 bits per heavy atom. The number of hydrogen-bond acceptors (Lipinski definition) is 9. The van der Waals surface area contributed by atoms with Gasteiger partial charge < -0.3 is 37.4 Å². The normalized spacial score (nSPS) is 12.1. The Kier molecular flexibility index (Phi) is 12.2. The topological polar surface area (TPSA) is 133 Å². The van der Waals surface area contributed by atoms with E-state index in [1.54, 1.807) is 72.8 Å². The first-order valence-corrected chi connectivity index (χ1v) is 20.5. The van der Waals surface area contributed by atoms with Gasteiger partial charge in [0.05, 0.1) is 0 Å². The summed E-state index contributed by atoms with van der Waals surface area (Å²) in [6.07, 6.45) is 0. The molecular formula is C38H36N3O8P3. The Bertz CT molecular complexity index is 2070. The lowest BCUT2D eigenvalue weighted by atomic mass is 10.3. The summed E-state index contributed by atoms with van der Waals surface area (Å²) in [5.74, 6) is 1.60. The lowest BCUT2D eigenvalue weighted by Gasteiger charge is -2.27. The lowest BCUT2D eigenvalue weighted by molar-refractivity contribution is 0.435. The Morgan fingerprint density at radius 3 is 1.19 bits per heavy atom. The molecule has 0 heterocycles. The molecule has 0 aromatic heterocycles. The minimum absolute atomic E-state index is 0.0101. The first-order valence-electron chi connectivity index (χ1n) is 16.1. The molecule has 0 spiro atoms. The summed E-state index contributed by atoms with van der Waals surface area (Å²) in [7, 11) is -10.9. The Morgan fingerprint density at radius 2 is 0.808 bits per heavy atom. The summed E-state index contributed by atoms with van der Waals surface area (Å²) < 4.78 is 54.7. The van der Waals surface area contributed by atoms with E-state index >= 15 is 0 Å². The van der Waals surface area contributed by atoms with Gasteiger partial charge in [-0.15, -0.1) is 4.52 Å². The molecule has 52 heavy (non-hydrogen) atoms. The average Bonchev–Trinajstić information content (AvgIpc) is 3.13. The zero-order valence-electron chi connectivity index (χ0n) is 28.0. The summed E-state index contributed by atoms with van der Waals surface area (Å²) in [6, 6.07) is 48.8. The van der Waals surface area contributed by atoms with E-state index < -0.39 is 23.5 Å². The van der Waals surface area contributed by atoms with Crippen molar-refractivity contribution in [2.24, 2.45) is 13.8 Å². The first-order chi connectivity index (χ1) is 25.4. The van der Waals surface area contributed by atoms with E-state index in [1.807, 2.05) is 85.8 Å². The molecule has 6 rings (SSSR count). The van der Waals surface area contributed by atoms with Crippen molar-refractivity contribution in [3.05, 3.63) is 170 Å². The van der Waals surface area contributed by atoms with Gasteiger partial charge in [0.15, 0.2) is 0 Å². The minimum atomic E-state index is -4.21. The average molecular weight is 756 g/mol. The number of rotatable bonds is 15. The highest BCUT2D eigenvalue weighted by Gasteiger charge is 2.38. The van der Waals surface area contributed by atoms with Crippen molar-refractivity contribution in [1.29, 1.82) is 0 Å². The molecular weight excluding hydrogens is 719 g/mol. The van der Waals surface area contributed by atoms with Gasteiger partial charge in [-0.05, 0) is 67.6 Å². The molecule has 0 saturated carbocycles. The molecule has 1 unspecified atom stereocenters. The van der Waals surface area contributed by atoms with Crippen LogP contribution in [0.1, 0.15) is 6.92 Å². The van der Waals surface area contributed by atoms with Crippen molar-refractivity contribution >= 4 is 23.5 Å². The van der Waals surface area contributed by atoms with E-state index in [4.69, 9.17) is 40.9 Å². The van der Waals surface area contributed by atoms with Gasteiger partial charge in [-0.3, -0.25) is 0 Å². The maximum absolute atomic E-state index is 10.5. The molecule has 0 radical (unpaired) electrons. The van der Waals surface area contributed by atoms with Gasteiger partial charge in [0, 0.05) is 24.7 Å². The van der Waals surface area contributed by atoms with Gasteiger partial charge in [-0.25, -0.2) is 4.74 Å². The number of nitrogens with zero attached hydrogens (tertiary/aromatic N) is 3. The van der Waals surface area contributed by atoms with Crippen molar-refractivity contribution in [3.63, 3.8) is 0 Å². The minimum Gasteiger partial charge on any atom is -0.508 e. The van der Waals surface area contributed by atoms with Crippen LogP contribution in [-0.2, 0) is 0 Å². The lowest BCUT2D eigenvalue weighted by Crippen LogP contribution is -2.05. The van der Waals surface area contributed by atoms with E-state index in [0.29, 0.717) is 28.7 Å². The van der Waals surface area contributed by atoms with Crippen LogP contribution in [0, 0.1) is 0 Å². The van der Waals surface area contributed by atoms with Gasteiger partial charge in [0.1, 0.15) is 46.0 Å². The third-order valence-electron chi connectivity index (χ3n) is 6.65. The molecule has 14 heteroatoms. The fourth-order valence-electron chi connectivity index (χ4n) is 4.54. The standard InChI is InChI=1S/C38H36N3O8P3/c1-2-39-51(46-35-22-12-5-13-23-35,47-36-24-14-6-15-25-36)41-52(48-37-26-16-7-17-27-37,49-38-29-31(42)28-32(43)30-38)40-50(44-33-18-8-3-9-19-33)45-34-20-10-4-11-21-34/h3-30,42-43,50H,2H2,1H3. The molecule has 0 saturated heterocycles. The van der Waals surface area contributed by atoms with Crippen molar-refractivity contribution in [2.75, 3.05) is 6.54 Å². The third-order valence-corrected chi connectivity index (χ3v) is 13.4. The van der Waals surface area contributed by atoms with Gasteiger partial charge in [-0.1, -0.05) is 95.5 Å². The molecule has 6 aromatic rings. The number of hydrogen-bond donors (Lipinski definition) is 2. The van der Waals surface area contributed by atoms with Gasteiger partial charge >= 0.3 is 23.5 Å². The predicted octanol–water partition coefficient (Wildman–Crippen LogP) is 12.0. The van der Waals surface area contributed by atoms with Crippen molar-refractivity contribution in [3.8, 4) is 46.0 Å². The number of phenols is 2. The predicted molar refractivity (Wildman–Crippen MR) is 206 cm³/mol. The number of phenolic OH excluding ortho intramolecular Hbond substituents is 2. The van der Waals surface area contributed by atoms with Gasteiger partial charge in [0.25, 0.3) is 0 Å². The molecule has 0 amide bonds. The highest BCUT2D eigenvalue weighted by molar-refractivity contribution is 7.70. The van der Waals surface area contributed by atoms with E-state index in [0.717, 1.165) is 0 Å². The second-order valence-electron chi connectivity index (χ2n) is 10.7. The maximum Gasteiger partial charge on any atom is 0.459 e. The number of benzene rings is 6. The number of para-hydroxylation sites is 5. The maximum atomic E-state index is 10.5. The van der Waals surface area contributed by atoms with Gasteiger partial charge in [0.2, 0.25) is 0 Å². The molecule has 0 aliphatic rings. The Balaban J connectivity index is 1.67. The molecule has 1 atom stereocenters. The Hall–Kier alpha value is -5.59. The second-order valence-corrected chi connectivity index (χ2v) is 16.1. The quantitative estimate of drug-likeness (QED) is 0.0990. The highest BCUT2D eigenvalue weighted by Crippen LogP contribution is 2.68. The molecule has 2 N–H and O–H groups in total. The summed E-state index contributed by atoms with van der Waals surface area (Å²) in [6.45, 7) is 2.07. The summed E-state index contributed by atoms with van der Waals surface area (Å²) in [5.41, 5.74) is 0. The molecule has 0 fully saturated rings. The van der Waals surface area contributed by atoms with E-state index in [-0.39, 0.29) is 23.8 Å². The van der Waals surface area contributed by atoms with Crippen molar-refractivity contribution in [2.45, 2.75) is 6.92 Å². The van der Waals surface area contributed by atoms with Crippen LogP contribution in [0.3, 0.4) is 0 Å². The Labute approximate surface area is 303 Å². The van der Waals surface area contributed by atoms with Crippen LogP contribution in [-0.4, -0.2) is 16.8 Å². The van der Waals surface area contributed by atoms with E-state index in [1.165, 1.54) is 18.2 Å². The second kappa shape index (κ2) is 17.6. The first kappa shape index (κ1) is 36.2. The summed E-state index contributed by atoms with van der Waals surface area (Å²) in [4.78, 5) is 0. The fraction of sp³-hybridized carbons (Fsp3) is 0.0526. The summed E-state index contributed by atoms with van der Waals surface area (Å²) in [5, 5.41) is 21.0. The largest absolute Gasteiger partial charge is 0.508 e. The zero-order valence-corrected chi connectivity index (χ0v) is 30.7. The van der Waals surface area contributed by atoms with Gasteiger partial charge in [-0.2, -0.15) is 0 Å². The monoisotopic (exact) mass is 755 g/mol. The molecule has 6 aromatic carbocycles. The summed E-state index contributed by atoms with van der Waals surface area (Å²) >= 11 is 0. The zero-order chi connectivity index (χ0) is 36.1. The van der Waals surface area contributed by atoms with Crippen LogP contribution in [0.25, 0.3) is 0 Å². The molecule has 266 valence electrons. The van der Waals surface area contributed by atoms with Crippen molar-refractivity contribution < 1.29 is 37.4 Å². The van der Waals surface area contributed by atoms with Crippen LogP contribution < -0.4 is 27.1 Å². The van der Waals surface area contributed by atoms with Crippen molar-refractivity contribution in [1.82, 2.24) is 0 Å². The fourth-order valence-corrected chi connectivity index (χ4v) is 11.3. The highest BCUT2D eigenvalue weighted by atomic mass is 31.2. The SMILES string of the molecule is CCN=P(N=P(N=[PH](Oc1ccccc1)Oc1ccccc1)(Oc1ccccc1)Oc1cc(O)cc(O)c1)(Oc1ccccc1)Oc1ccccc1. The molecule has 0 aliphatic carbocycles. The van der Waals surface area contributed by atoms with Crippen LogP contribution >= 0.6 is 23.5 Å². The molecule has 0 bridgehead atoms. The van der Waals surface area contributed by atoms with Crippen LogP contribution in [0.2, 0.25) is 0 Å². The molecule has 11 nitrogen and oxygen atoms in total. The van der Waals surface area contributed by atoms with Crippen LogP contribution in [0.15, 0.2) is 184 Å².